The van der Waals surface area contributed by atoms with Gasteiger partial charge in [-0.15, -0.1) is 0 Å². The van der Waals surface area contributed by atoms with Crippen molar-refractivity contribution in [2.75, 3.05) is 0 Å². The Bertz CT molecular complexity index is 1210. The number of benzene rings is 2. The molecule has 0 amide bonds. The van der Waals surface area contributed by atoms with Crippen molar-refractivity contribution in [1.29, 1.82) is 0 Å². The lowest BCUT2D eigenvalue weighted by atomic mass is 9.98. The highest BCUT2D eigenvalue weighted by molar-refractivity contribution is 7.89. The van der Waals surface area contributed by atoms with E-state index in [1.165, 1.54) is 18.2 Å². The molecule has 5 nitrogen and oxygen atoms in total. The van der Waals surface area contributed by atoms with Gasteiger partial charge in [0.05, 0.1) is 5.56 Å². The fourth-order valence-corrected chi connectivity index (χ4v) is 3.68. The van der Waals surface area contributed by atoms with E-state index in [0.29, 0.717) is 0 Å². The van der Waals surface area contributed by atoms with Gasteiger partial charge in [-0.1, -0.05) is 28.4 Å². The summed E-state index contributed by atoms with van der Waals surface area (Å²) in [6.45, 7) is 0. The van der Waals surface area contributed by atoms with Crippen molar-refractivity contribution >= 4 is 33.2 Å². The maximum absolute atomic E-state index is 14.6. The number of nitrogens with zero attached hydrogens (tertiary/aromatic N) is 1. The standard InChI is InChI=1S/C16H7Cl2F5N2O3S/c17-7-1-6(2-8(18)3-7)14-13(15(28-25-14)16(21,22)23)9-4-11(20)12(5-10(9)19)29(24,26)27/h1-5H,(H2,24,26,27). The van der Waals surface area contributed by atoms with Crippen molar-refractivity contribution in [2.24, 2.45) is 5.14 Å². The van der Waals surface area contributed by atoms with Crippen LogP contribution in [0.3, 0.4) is 0 Å². The highest BCUT2D eigenvalue weighted by Gasteiger charge is 2.42. The molecule has 0 aliphatic carbocycles. The van der Waals surface area contributed by atoms with Crippen molar-refractivity contribution in [3.8, 4) is 22.4 Å². The lowest BCUT2D eigenvalue weighted by Crippen LogP contribution is -2.15. The Labute approximate surface area is 169 Å². The third kappa shape index (κ3) is 4.22. The van der Waals surface area contributed by atoms with Gasteiger partial charge in [0.2, 0.25) is 15.8 Å². The molecule has 0 atom stereocenters. The molecule has 0 fully saturated rings. The van der Waals surface area contributed by atoms with Crippen LogP contribution in [0.1, 0.15) is 5.76 Å². The van der Waals surface area contributed by atoms with Gasteiger partial charge < -0.3 is 4.52 Å². The van der Waals surface area contributed by atoms with Gasteiger partial charge in [0.15, 0.2) is 0 Å². The predicted octanol–water partition coefficient (Wildman–Crippen LogP) is 5.26. The van der Waals surface area contributed by atoms with Gasteiger partial charge in [-0.3, -0.25) is 0 Å². The second-order valence-electron chi connectivity index (χ2n) is 5.70. The minimum atomic E-state index is -5.13. The zero-order valence-electron chi connectivity index (χ0n) is 13.7. The van der Waals surface area contributed by atoms with E-state index in [1.807, 2.05) is 0 Å². The van der Waals surface area contributed by atoms with E-state index in [0.717, 1.165) is 0 Å². The molecule has 13 heteroatoms. The fourth-order valence-electron chi connectivity index (χ4n) is 2.56. The number of aromatic nitrogens is 1. The first-order valence-electron chi connectivity index (χ1n) is 7.34. The average Bonchev–Trinajstić information content (AvgIpc) is 2.99. The van der Waals surface area contributed by atoms with Crippen LogP contribution in [0.5, 0.6) is 0 Å². The normalized spacial score (nSPS) is 12.4. The van der Waals surface area contributed by atoms with Gasteiger partial charge in [0.1, 0.15) is 22.2 Å². The lowest BCUT2D eigenvalue weighted by molar-refractivity contribution is -0.154. The average molecular weight is 473 g/mol. The summed E-state index contributed by atoms with van der Waals surface area (Å²) < 4.78 is 96.0. The highest BCUT2D eigenvalue weighted by Crippen LogP contribution is 2.44. The van der Waals surface area contributed by atoms with Crippen molar-refractivity contribution in [3.63, 3.8) is 0 Å². The smallest absolute Gasteiger partial charge is 0.350 e. The van der Waals surface area contributed by atoms with Gasteiger partial charge in [0, 0.05) is 21.2 Å². The van der Waals surface area contributed by atoms with Gasteiger partial charge in [0.25, 0.3) is 0 Å². The van der Waals surface area contributed by atoms with Crippen LogP contribution in [0.2, 0.25) is 10.0 Å². The van der Waals surface area contributed by atoms with E-state index in [2.05, 4.69) is 9.68 Å². The molecule has 2 aromatic carbocycles. The Hall–Kier alpha value is -2.21. The lowest BCUT2D eigenvalue weighted by Gasteiger charge is -2.10. The third-order valence-corrected chi connectivity index (χ3v) is 5.05. The SMILES string of the molecule is NS(=O)(=O)c1cc(F)c(-c2c(-c3cc(Cl)cc(Cl)c3)noc2C(F)(F)F)cc1F. The molecule has 0 aliphatic rings. The van der Waals surface area contributed by atoms with Gasteiger partial charge in [-0.25, -0.2) is 22.3 Å². The summed E-state index contributed by atoms with van der Waals surface area (Å²) >= 11 is 11.7. The molecule has 0 radical (unpaired) electrons. The third-order valence-electron chi connectivity index (χ3n) is 3.68. The first kappa shape index (κ1) is 21.5. The molecule has 1 heterocycles. The summed E-state index contributed by atoms with van der Waals surface area (Å²) in [6, 6.07) is 4.08. The summed E-state index contributed by atoms with van der Waals surface area (Å²) in [5, 5.41) is 8.15. The monoisotopic (exact) mass is 472 g/mol. The quantitative estimate of drug-likeness (QED) is 0.526. The number of halogens is 7. The summed E-state index contributed by atoms with van der Waals surface area (Å²) in [5.41, 5.74) is -2.53. The fraction of sp³-hybridized carbons (Fsp3) is 0.0625. The largest absolute Gasteiger partial charge is 0.453 e. The summed E-state index contributed by atoms with van der Waals surface area (Å²) in [5.74, 6) is -4.79. The Morgan fingerprint density at radius 2 is 1.55 bits per heavy atom. The predicted molar refractivity (Wildman–Crippen MR) is 93.7 cm³/mol. The molecule has 0 saturated heterocycles. The number of primary sulfonamides is 1. The van der Waals surface area contributed by atoms with Gasteiger partial charge >= 0.3 is 6.18 Å². The molecule has 1 aromatic heterocycles. The van der Waals surface area contributed by atoms with Crippen LogP contribution in [0, 0.1) is 11.6 Å². The van der Waals surface area contributed by atoms with Gasteiger partial charge in [-0.2, -0.15) is 13.2 Å². The van der Waals surface area contributed by atoms with Crippen LogP contribution in [0.25, 0.3) is 22.4 Å². The second kappa shape index (κ2) is 7.24. The molecule has 0 spiro atoms. The molecule has 154 valence electrons. The van der Waals surface area contributed by atoms with Crippen molar-refractivity contribution < 1.29 is 34.9 Å². The zero-order chi connectivity index (χ0) is 21.7. The Kier molecular flexibility index (Phi) is 5.37. The van der Waals surface area contributed by atoms with E-state index >= 15 is 0 Å². The van der Waals surface area contributed by atoms with Crippen LogP contribution in [0.15, 0.2) is 39.8 Å². The van der Waals surface area contributed by atoms with E-state index in [4.69, 9.17) is 28.3 Å². The maximum Gasteiger partial charge on any atom is 0.453 e. The molecule has 0 unspecified atom stereocenters. The van der Waals surface area contributed by atoms with Crippen molar-refractivity contribution in [2.45, 2.75) is 11.1 Å². The van der Waals surface area contributed by atoms with Crippen LogP contribution in [0.4, 0.5) is 22.0 Å². The number of alkyl halides is 3. The first-order chi connectivity index (χ1) is 13.3. The van der Waals surface area contributed by atoms with E-state index < -0.39 is 55.3 Å². The topological polar surface area (TPSA) is 86.2 Å². The molecular weight excluding hydrogens is 466 g/mol. The minimum absolute atomic E-state index is 0.0336. The van der Waals surface area contributed by atoms with Crippen LogP contribution in [-0.4, -0.2) is 13.6 Å². The molecule has 3 aromatic rings. The molecule has 0 saturated carbocycles. The number of sulfonamides is 1. The molecule has 0 bridgehead atoms. The minimum Gasteiger partial charge on any atom is -0.350 e. The number of rotatable bonds is 3. The van der Waals surface area contributed by atoms with Crippen LogP contribution >= 0.6 is 23.2 Å². The summed E-state index contributed by atoms with van der Waals surface area (Å²) in [7, 11) is -4.66. The van der Waals surface area contributed by atoms with Crippen molar-refractivity contribution in [3.05, 3.63) is 57.8 Å². The first-order valence-corrected chi connectivity index (χ1v) is 9.65. The molecule has 29 heavy (non-hydrogen) atoms. The molecular formula is C16H7Cl2F5N2O3S. The molecule has 3 rings (SSSR count). The van der Waals surface area contributed by atoms with E-state index in [9.17, 15) is 30.4 Å². The Balaban J connectivity index is 2.37. The number of hydrogen-bond donors (Lipinski definition) is 1. The zero-order valence-corrected chi connectivity index (χ0v) is 16.0. The molecule has 2 N–H and O–H groups in total. The summed E-state index contributed by atoms with van der Waals surface area (Å²) in [6.07, 6.45) is -5.13. The number of nitrogens with two attached hydrogens (primary N) is 1. The highest BCUT2D eigenvalue weighted by atomic mass is 35.5. The van der Waals surface area contributed by atoms with E-state index in [1.54, 1.807) is 0 Å². The van der Waals surface area contributed by atoms with Crippen LogP contribution < -0.4 is 5.14 Å². The van der Waals surface area contributed by atoms with Gasteiger partial charge in [-0.05, 0) is 30.3 Å². The maximum atomic E-state index is 14.6. The summed E-state index contributed by atoms with van der Waals surface area (Å²) in [4.78, 5) is -1.23. The number of hydrogen-bond acceptors (Lipinski definition) is 4. The van der Waals surface area contributed by atoms with E-state index in [-0.39, 0.29) is 27.7 Å². The Morgan fingerprint density at radius 1 is 0.966 bits per heavy atom. The second-order valence-corrected chi connectivity index (χ2v) is 8.10. The van der Waals surface area contributed by atoms with Crippen LogP contribution in [-0.2, 0) is 16.2 Å². The van der Waals surface area contributed by atoms with Crippen molar-refractivity contribution in [1.82, 2.24) is 5.16 Å². The molecule has 0 aliphatic heterocycles. The Morgan fingerprint density at radius 3 is 2.07 bits per heavy atom.